The first-order valence-corrected chi connectivity index (χ1v) is 8.50. The average Bonchev–Trinajstić information content (AvgIpc) is 3.09. The molecule has 0 unspecified atom stereocenters. The second kappa shape index (κ2) is 5.45. The highest BCUT2D eigenvalue weighted by atomic mass is 32.2. The number of aliphatic hydroxyl groups is 1. The number of hydrogen-bond acceptors (Lipinski definition) is 3. The van der Waals surface area contributed by atoms with Gasteiger partial charge in [0, 0.05) is 17.1 Å². The van der Waals surface area contributed by atoms with Crippen molar-refractivity contribution in [1.29, 1.82) is 0 Å². The maximum Gasteiger partial charge on any atom is 0.229 e. The lowest BCUT2D eigenvalue weighted by molar-refractivity contribution is -0.123. The summed E-state index contributed by atoms with van der Waals surface area (Å²) in [5.74, 6) is 0.662. The highest BCUT2D eigenvalue weighted by molar-refractivity contribution is 7.99. The molecule has 0 saturated heterocycles. The van der Waals surface area contributed by atoms with Crippen LogP contribution < -0.4 is 5.32 Å². The molecule has 0 radical (unpaired) electrons. The molecule has 112 valence electrons. The van der Waals surface area contributed by atoms with Crippen molar-refractivity contribution in [3.8, 4) is 0 Å². The van der Waals surface area contributed by atoms with Crippen LogP contribution in [0.15, 0.2) is 53.4 Å². The molecule has 22 heavy (non-hydrogen) atoms. The molecule has 2 N–H and O–H groups in total. The summed E-state index contributed by atoms with van der Waals surface area (Å²) < 4.78 is 0. The van der Waals surface area contributed by atoms with Gasteiger partial charge in [-0.25, -0.2) is 0 Å². The summed E-state index contributed by atoms with van der Waals surface area (Å²) in [5.41, 5.74) is 3.27. The largest absolute Gasteiger partial charge is 0.390 e. The number of aliphatic hydroxyl groups excluding tert-OH is 1. The molecule has 2 aromatic carbocycles. The monoisotopic (exact) mass is 311 g/mol. The first-order valence-electron chi connectivity index (χ1n) is 7.52. The predicted molar refractivity (Wildman–Crippen MR) is 86.9 cm³/mol. The molecule has 2 aromatic rings. The van der Waals surface area contributed by atoms with E-state index in [1.807, 2.05) is 42.5 Å². The van der Waals surface area contributed by atoms with Gasteiger partial charge in [-0.15, -0.1) is 11.8 Å². The molecule has 0 saturated carbocycles. The third kappa shape index (κ3) is 2.23. The minimum absolute atomic E-state index is 0.0122. The van der Waals surface area contributed by atoms with Crippen molar-refractivity contribution in [2.24, 2.45) is 0 Å². The van der Waals surface area contributed by atoms with Crippen molar-refractivity contribution in [3.63, 3.8) is 0 Å². The number of thioether (sulfide) groups is 1. The Morgan fingerprint density at radius 2 is 1.82 bits per heavy atom. The Morgan fingerprint density at radius 1 is 1.09 bits per heavy atom. The van der Waals surface area contributed by atoms with Gasteiger partial charge >= 0.3 is 0 Å². The van der Waals surface area contributed by atoms with Gasteiger partial charge in [0.15, 0.2) is 0 Å². The van der Waals surface area contributed by atoms with E-state index in [1.54, 1.807) is 11.8 Å². The van der Waals surface area contributed by atoms with E-state index in [0.29, 0.717) is 6.42 Å². The van der Waals surface area contributed by atoms with Crippen LogP contribution in [0.1, 0.15) is 28.7 Å². The number of amides is 1. The number of fused-ring (bicyclic) bond motifs is 2. The molecular formula is C18H17NO2S. The highest BCUT2D eigenvalue weighted by Crippen LogP contribution is 2.40. The summed E-state index contributed by atoms with van der Waals surface area (Å²) in [4.78, 5) is 13.9. The second-order valence-corrected chi connectivity index (χ2v) is 6.92. The third-order valence-corrected chi connectivity index (χ3v) is 5.70. The van der Waals surface area contributed by atoms with E-state index in [-0.39, 0.29) is 17.9 Å². The normalized spacial score (nSPS) is 25.6. The van der Waals surface area contributed by atoms with Crippen molar-refractivity contribution in [1.82, 2.24) is 5.32 Å². The van der Waals surface area contributed by atoms with Gasteiger partial charge in [-0.2, -0.15) is 0 Å². The smallest absolute Gasteiger partial charge is 0.229 e. The maximum absolute atomic E-state index is 12.7. The lowest BCUT2D eigenvalue weighted by atomic mass is 9.99. The molecule has 0 spiro atoms. The fourth-order valence-corrected chi connectivity index (χ4v) is 4.61. The van der Waals surface area contributed by atoms with Crippen LogP contribution in [0.2, 0.25) is 0 Å². The molecule has 4 heteroatoms. The summed E-state index contributed by atoms with van der Waals surface area (Å²) in [5, 5.41) is 13.3. The molecule has 0 aromatic heterocycles. The summed E-state index contributed by atoms with van der Waals surface area (Å²) in [6, 6.07) is 15.7. The van der Waals surface area contributed by atoms with E-state index < -0.39 is 6.10 Å². The number of carbonyl (C=O) groups is 1. The zero-order valence-electron chi connectivity index (χ0n) is 12.0. The Morgan fingerprint density at radius 3 is 2.68 bits per heavy atom. The van der Waals surface area contributed by atoms with E-state index in [0.717, 1.165) is 22.4 Å². The first kappa shape index (κ1) is 13.9. The van der Waals surface area contributed by atoms with Gasteiger partial charge in [0.05, 0.1) is 18.1 Å². The van der Waals surface area contributed by atoms with E-state index in [2.05, 4.69) is 11.4 Å². The fourth-order valence-electron chi connectivity index (χ4n) is 3.38. The Bertz CT molecular complexity index is 731. The zero-order valence-corrected chi connectivity index (χ0v) is 12.8. The molecule has 1 amide bonds. The fraction of sp³-hybridized carbons (Fsp3) is 0.278. The highest BCUT2D eigenvalue weighted by Gasteiger charge is 2.35. The summed E-state index contributed by atoms with van der Waals surface area (Å²) in [7, 11) is 0. The maximum atomic E-state index is 12.7. The van der Waals surface area contributed by atoms with E-state index >= 15 is 0 Å². The summed E-state index contributed by atoms with van der Waals surface area (Å²) in [6.07, 6.45) is 0.0718. The van der Waals surface area contributed by atoms with Crippen LogP contribution in [0.4, 0.5) is 0 Å². The van der Waals surface area contributed by atoms with Crippen molar-refractivity contribution in [2.75, 3.05) is 5.75 Å². The summed E-state index contributed by atoms with van der Waals surface area (Å²) in [6.45, 7) is 0. The number of rotatable bonds is 2. The SMILES string of the molecule is O=C(N[C@@H]1c2ccccc2C[C@H]1O)[C@H]1CSc2ccccc21. The number of carbonyl (C=O) groups excluding carboxylic acids is 1. The number of hydrogen-bond donors (Lipinski definition) is 2. The van der Waals surface area contributed by atoms with Gasteiger partial charge in [0.2, 0.25) is 5.91 Å². The van der Waals surface area contributed by atoms with Gasteiger partial charge in [-0.05, 0) is 22.8 Å². The Labute approximate surface area is 133 Å². The lowest BCUT2D eigenvalue weighted by Crippen LogP contribution is -2.37. The van der Waals surface area contributed by atoms with Gasteiger partial charge in [0.1, 0.15) is 0 Å². The second-order valence-electron chi connectivity index (χ2n) is 5.86. The molecule has 1 aliphatic carbocycles. The molecule has 4 rings (SSSR count). The third-order valence-electron chi connectivity index (χ3n) is 4.52. The molecule has 1 heterocycles. The molecule has 0 bridgehead atoms. The minimum Gasteiger partial charge on any atom is -0.390 e. The molecule has 3 atom stereocenters. The molecule has 0 fully saturated rings. The topological polar surface area (TPSA) is 49.3 Å². The van der Waals surface area contributed by atoms with Crippen molar-refractivity contribution in [3.05, 3.63) is 65.2 Å². The van der Waals surface area contributed by atoms with Crippen molar-refractivity contribution >= 4 is 17.7 Å². The predicted octanol–water partition coefficient (Wildman–Crippen LogP) is 2.65. The van der Waals surface area contributed by atoms with E-state index in [4.69, 9.17) is 0 Å². The Hall–Kier alpha value is -1.78. The van der Waals surface area contributed by atoms with Gasteiger partial charge in [-0.3, -0.25) is 4.79 Å². The zero-order chi connectivity index (χ0) is 15.1. The number of benzene rings is 2. The van der Waals surface area contributed by atoms with Crippen LogP contribution in [0.3, 0.4) is 0 Å². The van der Waals surface area contributed by atoms with E-state index in [9.17, 15) is 9.90 Å². The van der Waals surface area contributed by atoms with Crippen molar-refractivity contribution in [2.45, 2.75) is 29.4 Å². The van der Waals surface area contributed by atoms with Gasteiger partial charge in [0.25, 0.3) is 0 Å². The molecule has 3 nitrogen and oxygen atoms in total. The first-order chi connectivity index (χ1) is 10.7. The van der Waals surface area contributed by atoms with Crippen LogP contribution in [-0.4, -0.2) is 22.9 Å². The summed E-state index contributed by atoms with van der Waals surface area (Å²) >= 11 is 1.73. The van der Waals surface area contributed by atoms with Gasteiger partial charge < -0.3 is 10.4 Å². The van der Waals surface area contributed by atoms with Crippen LogP contribution >= 0.6 is 11.8 Å². The van der Waals surface area contributed by atoms with Crippen LogP contribution in [-0.2, 0) is 11.2 Å². The van der Waals surface area contributed by atoms with Crippen molar-refractivity contribution < 1.29 is 9.90 Å². The molecule has 1 aliphatic heterocycles. The van der Waals surface area contributed by atoms with Crippen LogP contribution in [0.5, 0.6) is 0 Å². The lowest BCUT2D eigenvalue weighted by Gasteiger charge is -2.20. The quantitative estimate of drug-likeness (QED) is 0.896. The van der Waals surface area contributed by atoms with Gasteiger partial charge in [-0.1, -0.05) is 42.5 Å². The minimum atomic E-state index is -0.536. The molecule has 2 aliphatic rings. The Kier molecular flexibility index (Phi) is 3.43. The van der Waals surface area contributed by atoms with Crippen LogP contribution in [0, 0.1) is 0 Å². The number of nitrogens with one attached hydrogen (secondary N) is 1. The van der Waals surface area contributed by atoms with E-state index in [1.165, 1.54) is 4.90 Å². The standard InChI is InChI=1S/C18H17NO2S/c20-15-9-11-5-1-2-6-12(11)17(15)19-18(21)14-10-22-16-8-4-3-7-13(14)16/h1-8,14-15,17,20H,9-10H2,(H,19,21)/t14-,15+,17+/m0/s1. The average molecular weight is 311 g/mol. The molecular weight excluding hydrogens is 294 g/mol. The Balaban J connectivity index is 1.56. The van der Waals surface area contributed by atoms with Crippen LogP contribution in [0.25, 0.3) is 0 Å².